The third-order valence-corrected chi connectivity index (χ3v) is 2.97. The van der Waals surface area contributed by atoms with Crippen molar-refractivity contribution in [1.29, 1.82) is 0 Å². The van der Waals surface area contributed by atoms with Crippen LogP contribution < -0.4 is 10.5 Å². The van der Waals surface area contributed by atoms with Gasteiger partial charge in [0.1, 0.15) is 11.5 Å². The van der Waals surface area contributed by atoms with E-state index in [1.807, 2.05) is 25.1 Å². The summed E-state index contributed by atoms with van der Waals surface area (Å²) in [4.78, 5) is 11.9. The number of nitrogens with two attached hydrogens (primary N) is 1. The molecule has 0 aliphatic heterocycles. The molecule has 100 valence electrons. The van der Waals surface area contributed by atoms with E-state index in [0.29, 0.717) is 12.8 Å². The van der Waals surface area contributed by atoms with E-state index in [2.05, 4.69) is 6.92 Å². The zero-order valence-electron chi connectivity index (χ0n) is 11.5. The molecule has 0 fully saturated rings. The fraction of sp³-hybridized carbons (Fsp3) is 0.533. The summed E-state index contributed by atoms with van der Waals surface area (Å²) in [6, 6.07) is 5.88. The van der Waals surface area contributed by atoms with Crippen molar-refractivity contribution in [3.8, 4) is 5.75 Å². The summed E-state index contributed by atoms with van der Waals surface area (Å²) < 4.78 is 5.27. The van der Waals surface area contributed by atoms with E-state index < -0.39 is 0 Å². The highest BCUT2D eigenvalue weighted by molar-refractivity contribution is 5.82. The number of carbonyl (C=O) groups is 1. The molecule has 1 unspecified atom stereocenters. The molecule has 3 nitrogen and oxygen atoms in total. The van der Waals surface area contributed by atoms with Gasteiger partial charge in [-0.1, -0.05) is 31.0 Å². The Labute approximate surface area is 109 Å². The van der Waals surface area contributed by atoms with Gasteiger partial charge in [-0.15, -0.1) is 0 Å². The average Bonchev–Trinajstić information content (AvgIpc) is 2.29. The van der Waals surface area contributed by atoms with E-state index in [-0.39, 0.29) is 11.8 Å². The number of ether oxygens (including phenoxy) is 1. The fourth-order valence-electron chi connectivity index (χ4n) is 2.10. The minimum Gasteiger partial charge on any atom is -0.496 e. The molecular weight excluding hydrogens is 226 g/mol. The molecule has 1 atom stereocenters. The number of methoxy groups -OCH3 is 1. The fourth-order valence-corrected chi connectivity index (χ4v) is 2.10. The van der Waals surface area contributed by atoms with E-state index in [1.165, 1.54) is 0 Å². The Morgan fingerprint density at radius 2 is 2.17 bits per heavy atom. The summed E-state index contributed by atoms with van der Waals surface area (Å²) in [7, 11) is 1.63. The summed E-state index contributed by atoms with van der Waals surface area (Å²) >= 11 is 0. The lowest BCUT2D eigenvalue weighted by atomic mass is 9.99. The standard InChI is InChI=1S/C15H23NO2/c1-4-5-13(16)10-14(17)9-12-8-11(2)6-7-15(12)18-3/h6-8,13H,4-5,9-10,16H2,1-3H3. The van der Waals surface area contributed by atoms with Gasteiger partial charge in [-0.25, -0.2) is 0 Å². The van der Waals surface area contributed by atoms with Gasteiger partial charge in [0.15, 0.2) is 0 Å². The second-order valence-corrected chi connectivity index (χ2v) is 4.78. The van der Waals surface area contributed by atoms with Crippen molar-refractivity contribution >= 4 is 5.78 Å². The van der Waals surface area contributed by atoms with Crippen LogP contribution in [0.4, 0.5) is 0 Å². The van der Waals surface area contributed by atoms with Crippen molar-refractivity contribution in [2.75, 3.05) is 7.11 Å². The number of benzene rings is 1. The minimum atomic E-state index is -0.0155. The summed E-state index contributed by atoms with van der Waals surface area (Å²) in [6.45, 7) is 4.09. The van der Waals surface area contributed by atoms with E-state index in [0.717, 1.165) is 29.7 Å². The van der Waals surface area contributed by atoms with Gasteiger partial charge in [-0.2, -0.15) is 0 Å². The quantitative estimate of drug-likeness (QED) is 0.808. The highest BCUT2D eigenvalue weighted by atomic mass is 16.5. The molecule has 0 saturated heterocycles. The van der Waals surface area contributed by atoms with Gasteiger partial charge in [0.25, 0.3) is 0 Å². The molecule has 0 aromatic heterocycles. The zero-order valence-corrected chi connectivity index (χ0v) is 11.5. The predicted octanol–water partition coefficient (Wildman–Crippen LogP) is 2.63. The Kier molecular flexibility index (Phi) is 5.86. The lowest BCUT2D eigenvalue weighted by molar-refractivity contribution is -0.118. The number of aryl methyl sites for hydroxylation is 1. The van der Waals surface area contributed by atoms with E-state index >= 15 is 0 Å². The van der Waals surface area contributed by atoms with Crippen LogP contribution in [-0.4, -0.2) is 18.9 Å². The summed E-state index contributed by atoms with van der Waals surface area (Å²) in [5.41, 5.74) is 7.97. The molecule has 0 amide bonds. The largest absolute Gasteiger partial charge is 0.496 e. The van der Waals surface area contributed by atoms with Crippen LogP contribution in [-0.2, 0) is 11.2 Å². The van der Waals surface area contributed by atoms with Crippen LogP contribution in [0.1, 0.15) is 37.3 Å². The number of rotatable bonds is 7. The molecule has 3 heteroatoms. The first-order chi connectivity index (χ1) is 8.56. The summed E-state index contributed by atoms with van der Waals surface area (Å²) in [5, 5.41) is 0. The third kappa shape index (κ3) is 4.49. The molecule has 18 heavy (non-hydrogen) atoms. The molecule has 0 heterocycles. The molecular formula is C15H23NO2. The van der Waals surface area contributed by atoms with Crippen molar-refractivity contribution in [3.63, 3.8) is 0 Å². The molecule has 1 aromatic rings. The topological polar surface area (TPSA) is 52.3 Å². The smallest absolute Gasteiger partial charge is 0.138 e. The maximum atomic E-state index is 11.9. The number of carbonyl (C=O) groups excluding carboxylic acids is 1. The van der Waals surface area contributed by atoms with Gasteiger partial charge in [0.05, 0.1) is 7.11 Å². The molecule has 0 bridgehead atoms. The predicted molar refractivity (Wildman–Crippen MR) is 73.9 cm³/mol. The monoisotopic (exact) mass is 249 g/mol. The van der Waals surface area contributed by atoms with Crippen LogP contribution in [0.2, 0.25) is 0 Å². The molecule has 0 saturated carbocycles. The van der Waals surface area contributed by atoms with Gasteiger partial charge in [0.2, 0.25) is 0 Å². The molecule has 2 N–H and O–H groups in total. The Hall–Kier alpha value is -1.35. The molecule has 1 aromatic carbocycles. The van der Waals surface area contributed by atoms with Gasteiger partial charge < -0.3 is 10.5 Å². The van der Waals surface area contributed by atoms with Crippen molar-refractivity contribution in [1.82, 2.24) is 0 Å². The maximum Gasteiger partial charge on any atom is 0.138 e. The highest BCUT2D eigenvalue weighted by Gasteiger charge is 2.12. The van der Waals surface area contributed by atoms with Crippen molar-refractivity contribution < 1.29 is 9.53 Å². The van der Waals surface area contributed by atoms with Crippen LogP contribution in [0.15, 0.2) is 18.2 Å². The van der Waals surface area contributed by atoms with Crippen LogP contribution in [0, 0.1) is 6.92 Å². The van der Waals surface area contributed by atoms with Crippen molar-refractivity contribution in [2.45, 2.75) is 45.6 Å². The summed E-state index contributed by atoms with van der Waals surface area (Å²) in [6.07, 6.45) is 2.77. The lowest BCUT2D eigenvalue weighted by Gasteiger charge is -2.11. The molecule has 0 radical (unpaired) electrons. The second kappa shape index (κ2) is 7.17. The number of ketones is 1. The van der Waals surface area contributed by atoms with E-state index in [9.17, 15) is 4.79 Å². The first kappa shape index (κ1) is 14.7. The SMILES string of the molecule is CCCC(N)CC(=O)Cc1cc(C)ccc1OC. The average molecular weight is 249 g/mol. The summed E-state index contributed by atoms with van der Waals surface area (Å²) in [5.74, 6) is 0.956. The highest BCUT2D eigenvalue weighted by Crippen LogP contribution is 2.21. The van der Waals surface area contributed by atoms with Crippen LogP contribution >= 0.6 is 0 Å². The number of Topliss-reactive ketones (excluding diaryl/α,β-unsaturated/α-hetero) is 1. The Morgan fingerprint density at radius 1 is 1.44 bits per heavy atom. The molecule has 1 rings (SSSR count). The van der Waals surface area contributed by atoms with Gasteiger partial charge in [-0.05, 0) is 19.4 Å². The third-order valence-electron chi connectivity index (χ3n) is 2.97. The molecule has 0 aliphatic rings. The first-order valence-corrected chi connectivity index (χ1v) is 6.47. The van der Waals surface area contributed by atoms with Gasteiger partial charge in [-0.3, -0.25) is 4.79 Å². The van der Waals surface area contributed by atoms with Crippen molar-refractivity contribution in [2.24, 2.45) is 5.73 Å². The lowest BCUT2D eigenvalue weighted by Crippen LogP contribution is -2.24. The second-order valence-electron chi connectivity index (χ2n) is 4.78. The Balaban J connectivity index is 2.66. The Bertz CT molecular complexity index is 401. The van der Waals surface area contributed by atoms with Crippen LogP contribution in [0.3, 0.4) is 0 Å². The van der Waals surface area contributed by atoms with E-state index in [1.54, 1.807) is 7.11 Å². The maximum absolute atomic E-state index is 11.9. The van der Waals surface area contributed by atoms with Crippen LogP contribution in [0.25, 0.3) is 0 Å². The van der Waals surface area contributed by atoms with Gasteiger partial charge >= 0.3 is 0 Å². The molecule has 0 spiro atoms. The zero-order chi connectivity index (χ0) is 13.5. The Morgan fingerprint density at radius 3 is 2.78 bits per heavy atom. The van der Waals surface area contributed by atoms with Gasteiger partial charge in [0, 0.05) is 24.4 Å². The first-order valence-electron chi connectivity index (χ1n) is 6.47. The van der Waals surface area contributed by atoms with Crippen LogP contribution in [0.5, 0.6) is 5.75 Å². The number of hydrogen-bond acceptors (Lipinski definition) is 3. The normalized spacial score (nSPS) is 12.2. The minimum absolute atomic E-state index is 0.0155. The van der Waals surface area contributed by atoms with Crippen molar-refractivity contribution in [3.05, 3.63) is 29.3 Å². The van der Waals surface area contributed by atoms with E-state index in [4.69, 9.17) is 10.5 Å². The molecule has 0 aliphatic carbocycles. The number of hydrogen-bond donors (Lipinski definition) is 1.